The van der Waals surface area contributed by atoms with Crippen molar-refractivity contribution in [1.29, 1.82) is 5.26 Å². The maximum atomic E-state index is 12.4. The Bertz CT molecular complexity index is 993. The summed E-state index contributed by atoms with van der Waals surface area (Å²) in [6.45, 7) is 0. The van der Waals surface area contributed by atoms with Gasteiger partial charge < -0.3 is 14.8 Å². The van der Waals surface area contributed by atoms with Crippen molar-refractivity contribution in [2.75, 3.05) is 24.3 Å². The van der Waals surface area contributed by atoms with Gasteiger partial charge >= 0.3 is 0 Å². The average Bonchev–Trinajstić information content (AvgIpc) is 3.15. The summed E-state index contributed by atoms with van der Waals surface area (Å²) in [4.78, 5) is 14.5. The molecule has 5 nitrogen and oxygen atoms in total. The van der Waals surface area contributed by atoms with Crippen LogP contribution in [0.4, 0.5) is 11.4 Å². The number of anilines is 2. The fourth-order valence-electron chi connectivity index (χ4n) is 2.67. The Kier molecular flexibility index (Phi) is 5.38. The van der Waals surface area contributed by atoms with Gasteiger partial charge in [0.25, 0.3) is 5.91 Å². The van der Waals surface area contributed by atoms with Gasteiger partial charge in [-0.3, -0.25) is 4.79 Å². The van der Waals surface area contributed by atoms with Crippen LogP contribution in [0.1, 0.15) is 5.69 Å². The SMILES string of the molecule is CN(C)c1ccc(-n2cccc2/C=C(/C#N)C(=O)Nc2ccccc2)cc1. The number of amides is 1. The van der Waals surface area contributed by atoms with Gasteiger partial charge in [0.1, 0.15) is 11.6 Å². The lowest BCUT2D eigenvalue weighted by Crippen LogP contribution is -2.13. The molecule has 0 radical (unpaired) electrons. The third-order valence-corrected chi connectivity index (χ3v) is 4.11. The molecule has 5 heteroatoms. The zero-order valence-electron chi connectivity index (χ0n) is 15.3. The molecule has 0 bridgehead atoms. The van der Waals surface area contributed by atoms with Gasteiger partial charge in [-0.2, -0.15) is 5.26 Å². The highest BCUT2D eigenvalue weighted by atomic mass is 16.1. The zero-order valence-corrected chi connectivity index (χ0v) is 15.3. The molecular formula is C22H20N4O. The molecule has 0 aliphatic rings. The maximum absolute atomic E-state index is 12.4. The second-order valence-electron chi connectivity index (χ2n) is 6.20. The fraction of sp³-hybridized carbons (Fsp3) is 0.0909. The lowest BCUT2D eigenvalue weighted by atomic mass is 10.2. The predicted octanol–water partition coefficient (Wildman–Crippen LogP) is 4.09. The highest BCUT2D eigenvalue weighted by Crippen LogP contribution is 2.19. The molecule has 0 spiro atoms. The second-order valence-corrected chi connectivity index (χ2v) is 6.20. The van der Waals surface area contributed by atoms with Crippen molar-refractivity contribution in [2.45, 2.75) is 0 Å². The number of nitrogens with zero attached hydrogens (tertiary/aromatic N) is 3. The largest absolute Gasteiger partial charge is 0.378 e. The van der Waals surface area contributed by atoms with E-state index in [1.54, 1.807) is 18.2 Å². The molecule has 1 heterocycles. The summed E-state index contributed by atoms with van der Waals surface area (Å²) in [6, 6.07) is 22.9. The van der Waals surface area contributed by atoms with Gasteiger partial charge in [-0.25, -0.2) is 0 Å². The summed E-state index contributed by atoms with van der Waals surface area (Å²) >= 11 is 0. The van der Waals surface area contributed by atoms with E-state index in [-0.39, 0.29) is 5.57 Å². The fourth-order valence-corrected chi connectivity index (χ4v) is 2.67. The second kappa shape index (κ2) is 8.07. The van der Waals surface area contributed by atoms with Gasteiger partial charge in [0.15, 0.2) is 0 Å². The number of carbonyl (C=O) groups is 1. The number of rotatable bonds is 5. The van der Waals surface area contributed by atoms with Gasteiger partial charge in [-0.05, 0) is 54.6 Å². The molecule has 2 aromatic carbocycles. The van der Waals surface area contributed by atoms with Crippen LogP contribution in [0.5, 0.6) is 0 Å². The highest BCUT2D eigenvalue weighted by molar-refractivity contribution is 6.09. The Morgan fingerprint density at radius 2 is 1.74 bits per heavy atom. The number of carbonyl (C=O) groups excluding carboxylic acids is 1. The van der Waals surface area contributed by atoms with E-state index < -0.39 is 5.91 Å². The first-order chi connectivity index (χ1) is 13.1. The summed E-state index contributed by atoms with van der Waals surface area (Å²) in [7, 11) is 3.98. The molecule has 0 fully saturated rings. The van der Waals surface area contributed by atoms with Crippen LogP contribution in [0.2, 0.25) is 0 Å². The Labute approximate surface area is 158 Å². The molecule has 3 aromatic rings. The molecule has 0 aliphatic heterocycles. The first kappa shape index (κ1) is 18.0. The van der Waals surface area contributed by atoms with Crippen LogP contribution in [0.3, 0.4) is 0 Å². The summed E-state index contributed by atoms with van der Waals surface area (Å²) in [6.07, 6.45) is 3.50. The van der Waals surface area contributed by atoms with E-state index in [9.17, 15) is 10.1 Å². The van der Waals surface area contributed by atoms with Crippen molar-refractivity contribution >= 4 is 23.4 Å². The van der Waals surface area contributed by atoms with Crippen molar-refractivity contribution in [2.24, 2.45) is 0 Å². The van der Waals surface area contributed by atoms with Gasteiger partial charge in [0.2, 0.25) is 0 Å². The minimum Gasteiger partial charge on any atom is -0.378 e. The van der Waals surface area contributed by atoms with E-state index in [1.807, 2.05) is 90.4 Å². The van der Waals surface area contributed by atoms with Crippen LogP contribution in [0, 0.1) is 11.3 Å². The number of nitriles is 1. The van der Waals surface area contributed by atoms with E-state index in [4.69, 9.17) is 0 Å². The Hall–Kier alpha value is -3.78. The normalized spacial score (nSPS) is 10.9. The average molecular weight is 356 g/mol. The molecule has 0 unspecified atom stereocenters. The van der Waals surface area contributed by atoms with Crippen molar-refractivity contribution in [3.8, 4) is 11.8 Å². The first-order valence-electron chi connectivity index (χ1n) is 8.52. The van der Waals surface area contributed by atoms with Crippen LogP contribution in [0.15, 0.2) is 78.5 Å². The Morgan fingerprint density at radius 3 is 2.37 bits per heavy atom. The van der Waals surface area contributed by atoms with Crippen molar-refractivity contribution < 1.29 is 4.79 Å². The highest BCUT2D eigenvalue weighted by Gasteiger charge is 2.11. The number of nitrogens with one attached hydrogen (secondary N) is 1. The van der Waals surface area contributed by atoms with E-state index in [1.165, 1.54) is 0 Å². The van der Waals surface area contributed by atoms with E-state index >= 15 is 0 Å². The van der Waals surface area contributed by atoms with Crippen molar-refractivity contribution in [3.63, 3.8) is 0 Å². The van der Waals surface area contributed by atoms with Gasteiger partial charge in [0.05, 0.1) is 0 Å². The third kappa shape index (κ3) is 4.25. The maximum Gasteiger partial charge on any atom is 0.266 e. The van der Waals surface area contributed by atoms with E-state index in [2.05, 4.69) is 5.32 Å². The van der Waals surface area contributed by atoms with Crippen molar-refractivity contribution in [3.05, 3.63) is 84.2 Å². The molecule has 0 saturated heterocycles. The standard InChI is InChI=1S/C22H20N4O/c1-25(2)19-10-12-20(13-11-19)26-14-6-9-21(26)15-17(16-23)22(27)24-18-7-4-3-5-8-18/h3-15H,1-2H3,(H,24,27)/b17-15-. The number of benzene rings is 2. The predicted molar refractivity (Wildman–Crippen MR) is 109 cm³/mol. The van der Waals surface area contributed by atoms with Gasteiger partial charge in [-0.15, -0.1) is 0 Å². The van der Waals surface area contributed by atoms with E-state index in [0.29, 0.717) is 5.69 Å². The van der Waals surface area contributed by atoms with E-state index in [0.717, 1.165) is 17.1 Å². The van der Waals surface area contributed by atoms with Crippen LogP contribution >= 0.6 is 0 Å². The molecule has 27 heavy (non-hydrogen) atoms. The lowest BCUT2D eigenvalue weighted by molar-refractivity contribution is -0.112. The summed E-state index contributed by atoms with van der Waals surface area (Å²) < 4.78 is 1.94. The van der Waals surface area contributed by atoms with Gasteiger partial charge in [-0.1, -0.05) is 18.2 Å². The number of hydrogen-bond acceptors (Lipinski definition) is 3. The molecule has 1 aromatic heterocycles. The van der Waals surface area contributed by atoms with Gasteiger partial charge in [0, 0.05) is 43.0 Å². The summed E-state index contributed by atoms with van der Waals surface area (Å²) in [5.41, 5.74) is 3.51. The Balaban J connectivity index is 1.87. The number of hydrogen-bond donors (Lipinski definition) is 1. The molecule has 1 N–H and O–H groups in total. The monoisotopic (exact) mass is 356 g/mol. The minimum absolute atomic E-state index is 0.0451. The zero-order chi connectivity index (χ0) is 19.2. The van der Waals surface area contributed by atoms with Crippen LogP contribution in [0.25, 0.3) is 11.8 Å². The molecular weight excluding hydrogens is 336 g/mol. The topological polar surface area (TPSA) is 61.1 Å². The number of aromatic nitrogens is 1. The molecule has 0 aliphatic carbocycles. The minimum atomic E-state index is -0.431. The van der Waals surface area contributed by atoms with Crippen LogP contribution in [-0.4, -0.2) is 24.6 Å². The number of para-hydroxylation sites is 1. The summed E-state index contributed by atoms with van der Waals surface area (Å²) in [5, 5.41) is 12.2. The summed E-state index contributed by atoms with van der Waals surface area (Å²) in [5.74, 6) is -0.431. The van der Waals surface area contributed by atoms with Crippen LogP contribution < -0.4 is 10.2 Å². The molecule has 0 saturated carbocycles. The van der Waals surface area contributed by atoms with Crippen molar-refractivity contribution in [1.82, 2.24) is 4.57 Å². The lowest BCUT2D eigenvalue weighted by Gasteiger charge is -2.14. The van der Waals surface area contributed by atoms with Crippen LogP contribution in [-0.2, 0) is 4.79 Å². The molecule has 1 amide bonds. The smallest absolute Gasteiger partial charge is 0.266 e. The Morgan fingerprint density at radius 1 is 1.04 bits per heavy atom. The third-order valence-electron chi connectivity index (χ3n) is 4.11. The molecule has 0 atom stereocenters. The molecule has 134 valence electrons. The first-order valence-corrected chi connectivity index (χ1v) is 8.52. The molecule has 3 rings (SSSR count). The quantitative estimate of drug-likeness (QED) is 0.553.